The fourth-order valence-corrected chi connectivity index (χ4v) is 4.98. The number of ether oxygens (including phenoxy) is 2. The van der Waals surface area contributed by atoms with Gasteiger partial charge in [0.05, 0.1) is 19.4 Å². The molecular formula is C27H30F3N7O3. The molecule has 0 spiro atoms. The lowest BCUT2D eigenvalue weighted by Gasteiger charge is -2.30. The Kier molecular flexibility index (Phi) is 6.64. The van der Waals surface area contributed by atoms with Crippen molar-refractivity contribution in [1.29, 1.82) is 0 Å². The molecule has 0 unspecified atom stereocenters. The van der Waals surface area contributed by atoms with Crippen LogP contribution < -0.4 is 10.1 Å². The quantitative estimate of drug-likeness (QED) is 0.333. The van der Waals surface area contributed by atoms with Gasteiger partial charge >= 0.3 is 6.18 Å². The molecule has 0 aromatic carbocycles. The van der Waals surface area contributed by atoms with Crippen LogP contribution in [-0.2, 0) is 16.3 Å². The molecule has 13 heteroatoms. The van der Waals surface area contributed by atoms with Gasteiger partial charge in [0.15, 0.2) is 17.3 Å². The van der Waals surface area contributed by atoms with Gasteiger partial charge in [0, 0.05) is 35.3 Å². The van der Waals surface area contributed by atoms with Gasteiger partial charge in [-0.3, -0.25) is 4.40 Å². The standard InChI is InChI=1S/C27H30F3N7O3/c1-26(2,3)24-31-11-20(40-24)16-7-8-21-35-36-22(37(21)12-16)15-5-4-6-17(9-15)33-25-32-10-19(27(28,29)30)23(34-25)39-18-13-38-14-18/h7-8,10-12,15,17-18H,4-6,9,13-14H2,1-3H3,(H,32,33,34)/t15-,17+/m0/s1. The van der Waals surface area contributed by atoms with Crippen LogP contribution in [0.2, 0.25) is 0 Å². The summed E-state index contributed by atoms with van der Waals surface area (Å²) in [5.41, 5.74) is 0.379. The number of alkyl halides is 3. The van der Waals surface area contributed by atoms with E-state index in [0.717, 1.165) is 42.5 Å². The molecule has 212 valence electrons. The summed E-state index contributed by atoms with van der Waals surface area (Å²) in [5, 5.41) is 12.1. The van der Waals surface area contributed by atoms with E-state index in [2.05, 4.69) is 30.5 Å². The Hall–Kier alpha value is -3.74. The lowest BCUT2D eigenvalue weighted by molar-refractivity contribution is -0.142. The Bertz CT molecular complexity index is 1510. The molecule has 0 bridgehead atoms. The molecule has 2 aliphatic rings. The van der Waals surface area contributed by atoms with Crippen LogP contribution in [0.3, 0.4) is 0 Å². The molecule has 6 rings (SSSR count). The molecule has 5 heterocycles. The Labute approximate surface area is 228 Å². The summed E-state index contributed by atoms with van der Waals surface area (Å²) in [6.07, 6.45) is 2.71. The zero-order valence-corrected chi connectivity index (χ0v) is 22.4. The smallest absolute Gasteiger partial charge is 0.423 e. The van der Waals surface area contributed by atoms with Crippen molar-refractivity contribution in [3.8, 4) is 17.2 Å². The number of hydrogen-bond acceptors (Lipinski definition) is 9. The van der Waals surface area contributed by atoms with Crippen molar-refractivity contribution < 1.29 is 27.1 Å². The molecule has 1 aliphatic carbocycles. The SMILES string of the molecule is CC(C)(C)c1ncc(-c2ccc3nnc([C@H]4CCC[C@@H](Nc5ncc(C(F)(F)F)c(OC6COC6)n5)C4)n3c2)o1. The van der Waals surface area contributed by atoms with E-state index in [9.17, 15) is 13.2 Å². The molecule has 10 nitrogen and oxygen atoms in total. The van der Waals surface area contributed by atoms with Crippen molar-refractivity contribution in [2.75, 3.05) is 18.5 Å². The fraction of sp³-hybridized carbons (Fsp3) is 0.519. The van der Waals surface area contributed by atoms with Gasteiger partial charge in [0.2, 0.25) is 11.8 Å². The van der Waals surface area contributed by atoms with E-state index < -0.39 is 23.7 Å². The normalized spacial score (nSPS) is 20.4. The molecule has 1 saturated heterocycles. The van der Waals surface area contributed by atoms with Gasteiger partial charge in [0.1, 0.15) is 17.5 Å². The van der Waals surface area contributed by atoms with Crippen molar-refractivity contribution >= 4 is 11.6 Å². The molecule has 1 N–H and O–H groups in total. The molecule has 2 atom stereocenters. The summed E-state index contributed by atoms with van der Waals surface area (Å²) in [5.74, 6) is 1.84. The Morgan fingerprint density at radius 3 is 2.58 bits per heavy atom. The molecule has 0 amide bonds. The van der Waals surface area contributed by atoms with Gasteiger partial charge in [-0.1, -0.05) is 27.2 Å². The third kappa shape index (κ3) is 5.34. The van der Waals surface area contributed by atoms with E-state index in [4.69, 9.17) is 13.9 Å². The highest BCUT2D eigenvalue weighted by atomic mass is 19.4. The van der Waals surface area contributed by atoms with Crippen molar-refractivity contribution in [3.05, 3.63) is 48.0 Å². The number of halogens is 3. The maximum atomic E-state index is 13.5. The Morgan fingerprint density at radius 1 is 1.05 bits per heavy atom. The number of aromatic nitrogens is 6. The summed E-state index contributed by atoms with van der Waals surface area (Å²) in [7, 11) is 0. The molecule has 0 radical (unpaired) electrons. The molecule has 2 fully saturated rings. The van der Waals surface area contributed by atoms with Gasteiger partial charge < -0.3 is 19.2 Å². The van der Waals surface area contributed by atoms with Crippen LogP contribution in [0.1, 0.15) is 69.7 Å². The number of rotatable bonds is 6. The molecule has 4 aromatic rings. The van der Waals surface area contributed by atoms with Gasteiger partial charge in [-0.2, -0.15) is 18.2 Å². The van der Waals surface area contributed by atoms with Gasteiger partial charge in [-0.15, -0.1) is 10.2 Å². The Morgan fingerprint density at radius 2 is 1.88 bits per heavy atom. The molecule has 1 saturated carbocycles. The van der Waals surface area contributed by atoms with Crippen molar-refractivity contribution in [1.82, 2.24) is 29.5 Å². The maximum Gasteiger partial charge on any atom is 0.423 e. The van der Waals surface area contributed by atoms with Crippen LogP contribution >= 0.6 is 0 Å². The number of nitrogens with one attached hydrogen (secondary N) is 1. The van der Waals surface area contributed by atoms with E-state index >= 15 is 0 Å². The minimum atomic E-state index is -4.62. The lowest BCUT2D eigenvalue weighted by atomic mass is 9.85. The summed E-state index contributed by atoms with van der Waals surface area (Å²) >= 11 is 0. The number of pyridine rings is 1. The molecular weight excluding hydrogens is 527 g/mol. The predicted molar refractivity (Wildman–Crippen MR) is 138 cm³/mol. The summed E-state index contributed by atoms with van der Waals surface area (Å²) in [4.78, 5) is 12.5. The van der Waals surface area contributed by atoms with Crippen LogP contribution in [0.15, 0.2) is 35.1 Å². The number of fused-ring (bicyclic) bond motifs is 1. The highest BCUT2D eigenvalue weighted by Crippen LogP contribution is 2.37. The van der Waals surface area contributed by atoms with Gasteiger partial charge in [0.25, 0.3) is 0 Å². The maximum absolute atomic E-state index is 13.5. The van der Waals surface area contributed by atoms with Crippen molar-refractivity contribution in [3.63, 3.8) is 0 Å². The summed E-state index contributed by atoms with van der Waals surface area (Å²) in [6.45, 7) is 6.60. The minimum Gasteiger partial charge on any atom is -0.469 e. The first-order chi connectivity index (χ1) is 19.0. The van der Waals surface area contributed by atoms with Crippen LogP contribution in [0.25, 0.3) is 17.0 Å². The molecule has 4 aromatic heterocycles. The van der Waals surface area contributed by atoms with E-state index in [1.165, 1.54) is 0 Å². The second kappa shape index (κ2) is 10.0. The monoisotopic (exact) mass is 557 g/mol. The van der Waals surface area contributed by atoms with E-state index in [1.54, 1.807) is 6.20 Å². The van der Waals surface area contributed by atoms with Gasteiger partial charge in [-0.05, 0) is 31.4 Å². The number of oxazole rings is 1. The summed E-state index contributed by atoms with van der Waals surface area (Å²) < 4.78 is 59.0. The van der Waals surface area contributed by atoms with Crippen molar-refractivity contribution in [2.45, 2.75) is 76.1 Å². The van der Waals surface area contributed by atoms with E-state index in [0.29, 0.717) is 18.1 Å². The predicted octanol–water partition coefficient (Wildman–Crippen LogP) is 5.41. The van der Waals surface area contributed by atoms with Crippen LogP contribution in [0.5, 0.6) is 5.88 Å². The number of nitrogens with zero attached hydrogens (tertiary/aromatic N) is 6. The van der Waals surface area contributed by atoms with Crippen molar-refractivity contribution in [2.24, 2.45) is 0 Å². The third-order valence-corrected chi connectivity index (χ3v) is 7.18. The average Bonchev–Trinajstić information content (AvgIpc) is 3.53. The second-order valence-electron chi connectivity index (χ2n) is 11.4. The highest BCUT2D eigenvalue weighted by molar-refractivity contribution is 5.59. The number of anilines is 1. The summed E-state index contributed by atoms with van der Waals surface area (Å²) in [6, 6.07) is 3.77. The molecule has 1 aliphatic heterocycles. The zero-order chi connectivity index (χ0) is 28.1. The first-order valence-electron chi connectivity index (χ1n) is 13.3. The fourth-order valence-electron chi connectivity index (χ4n) is 4.98. The van der Waals surface area contributed by atoms with E-state index in [-0.39, 0.29) is 36.5 Å². The first kappa shape index (κ1) is 26.5. The van der Waals surface area contributed by atoms with Crippen LogP contribution in [0.4, 0.5) is 19.1 Å². The zero-order valence-electron chi connectivity index (χ0n) is 22.4. The highest BCUT2D eigenvalue weighted by Gasteiger charge is 2.38. The lowest BCUT2D eigenvalue weighted by Crippen LogP contribution is -2.39. The first-order valence-corrected chi connectivity index (χ1v) is 13.3. The largest absolute Gasteiger partial charge is 0.469 e. The number of hydrogen-bond donors (Lipinski definition) is 1. The Balaban J connectivity index is 1.21. The van der Waals surface area contributed by atoms with Crippen LogP contribution in [0, 0.1) is 0 Å². The topological polar surface area (TPSA) is 112 Å². The second-order valence-corrected chi connectivity index (χ2v) is 11.4. The average molecular weight is 558 g/mol. The minimum absolute atomic E-state index is 0.0606. The third-order valence-electron chi connectivity index (χ3n) is 7.18. The van der Waals surface area contributed by atoms with Gasteiger partial charge in [-0.25, -0.2) is 9.97 Å². The molecule has 40 heavy (non-hydrogen) atoms. The van der Waals surface area contributed by atoms with Crippen LogP contribution in [-0.4, -0.2) is 54.9 Å². The van der Waals surface area contributed by atoms with E-state index in [1.807, 2.05) is 43.5 Å².